The summed E-state index contributed by atoms with van der Waals surface area (Å²) in [6.45, 7) is 0. The van der Waals surface area contributed by atoms with Gasteiger partial charge in [0.15, 0.2) is 0 Å². The topological polar surface area (TPSA) is 31.2 Å². The van der Waals surface area contributed by atoms with Gasteiger partial charge >= 0.3 is 0 Å². The van der Waals surface area contributed by atoms with Crippen molar-refractivity contribution in [2.24, 2.45) is 0 Å². The number of aromatic nitrogens is 1. The van der Waals surface area contributed by atoms with E-state index in [1.165, 1.54) is 23.6 Å². The second-order valence-corrected chi connectivity index (χ2v) is 3.38. The van der Waals surface area contributed by atoms with Crippen molar-refractivity contribution in [2.45, 2.75) is 31.8 Å². The maximum absolute atomic E-state index is 11.2. The van der Waals surface area contributed by atoms with Gasteiger partial charge in [0.2, 0.25) is 0 Å². The van der Waals surface area contributed by atoms with Gasteiger partial charge in [-0.1, -0.05) is 6.07 Å². The van der Waals surface area contributed by atoms with Gasteiger partial charge in [0.25, 0.3) is 5.56 Å². The zero-order valence-corrected chi connectivity index (χ0v) is 7.48. The Morgan fingerprint density at radius 1 is 1.31 bits per heavy atom. The van der Waals surface area contributed by atoms with Crippen LogP contribution in [0.2, 0.25) is 0 Å². The van der Waals surface area contributed by atoms with Crippen LogP contribution >= 0.6 is 0 Å². The normalized spacial score (nSPS) is 17.5. The molecule has 1 aromatic heterocycles. The average molecular weight is 179 g/mol. The first-order valence-electron chi connectivity index (χ1n) is 4.71. The van der Waals surface area contributed by atoms with Gasteiger partial charge in [-0.3, -0.25) is 4.79 Å². The summed E-state index contributed by atoms with van der Waals surface area (Å²) in [5.74, 6) is 0. The minimum absolute atomic E-state index is 0.0885. The van der Waals surface area contributed by atoms with Crippen LogP contribution in [0.4, 0.5) is 0 Å². The smallest absolute Gasteiger partial charge is 0.282 e. The maximum Gasteiger partial charge on any atom is 0.282 e. The van der Waals surface area contributed by atoms with Gasteiger partial charge < -0.3 is 4.84 Å². The molecule has 0 aliphatic heterocycles. The van der Waals surface area contributed by atoms with Gasteiger partial charge in [0.05, 0.1) is 0 Å². The monoisotopic (exact) mass is 179 g/mol. The van der Waals surface area contributed by atoms with Gasteiger partial charge in [0.1, 0.15) is 6.10 Å². The maximum atomic E-state index is 11.2. The van der Waals surface area contributed by atoms with E-state index < -0.39 is 0 Å². The van der Waals surface area contributed by atoms with E-state index in [9.17, 15) is 4.79 Å². The number of hydrogen-bond donors (Lipinski definition) is 0. The van der Waals surface area contributed by atoms with E-state index in [1.54, 1.807) is 18.3 Å². The van der Waals surface area contributed by atoms with E-state index >= 15 is 0 Å². The second-order valence-electron chi connectivity index (χ2n) is 3.38. The van der Waals surface area contributed by atoms with E-state index in [4.69, 9.17) is 4.84 Å². The molecule has 0 bridgehead atoms. The summed E-state index contributed by atoms with van der Waals surface area (Å²) in [5.41, 5.74) is -0.0885. The highest BCUT2D eigenvalue weighted by molar-refractivity contribution is 4.91. The Balaban J connectivity index is 2.08. The third kappa shape index (κ3) is 1.91. The van der Waals surface area contributed by atoms with Gasteiger partial charge in [-0.2, -0.15) is 4.73 Å². The molecule has 3 heteroatoms. The number of rotatable bonds is 2. The van der Waals surface area contributed by atoms with Crippen molar-refractivity contribution in [3.8, 4) is 0 Å². The molecule has 1 fully saturated rings. The van der Waals surface area contributed by atoms with E-state index in [0.717, 1.165) is 12.8 Å². The van der Waals surface area contributed by atoms with Crippen molar-refractivity contribution >= 4 is 0 Å². The number of hydrogen-bond acceptors (Lipinski definition) is 2. The Labute approximate surface area is 76.9 Å². The van der Waals surface area contributed by atoms with Crippen molar-refractivity contribution in [3.05, 3.63) is 34.7 Å². The van der Waals surface area contributed by atoms with Crippen LogP contribution in [0.1, 0.15) is 25.7 Å². The zero-order valence-electron chi connectivity index (χ0n) is 7.48. The van der Waals surface area contributed by atoms with E-state index in [0.29, 0.717) is 0 Å². The van der Waals surface area contributed by atoms with Crippen LogP contribution in [-0.4, -0.2) is 10.8 Å². The summed E-state index contributed by atoms with van der Waals surface area (Å²) in [6.07, 6.45) is 6.47. The summed E-state index contributed by atoms with van der Waals surface area (Å²) < 4.78 is 1.33. The highest BCUT2D eigenvalue weighted by atomic mass is 16.7. The molecule has 13 heavy (non-hydrogen) atoms. The van der Waals surface area contributed by atoms with Crippen LogP contribution in [0.5, 0.6) is 0 Å². The first-order valence-corrected chi connectivity index (χ1v) is 4.71. The van der Waals surface area contributed by atoms with Gasteiger partial charge in [-0.05, 0) is 31.7 Å². The molecule has 0 unspecified atom stereocenters. The molecule has 1 saturated carbocycles. The van der Waals surface area contributed by atoms with Crippen molar-refractivity contribution in [3.63, 3.8) is 0 Å². The lowest BCUT2D eigenvalue weighted by Crippen LogP contribution is -2.30. The van der Waals surface area contributed by atoms with Crippen LogP contribution in [0, 0.1) is 0 Å². The largest absolute Gasteiger partial charge is 0.408 e. The molecule has 0 radical (unpaired) electrons. The Kier molecular flexibility index (Phi) is 2.34. The quantitative estimate of drug-likeness (QED) is 0.683. The van der Waals surface area contributed by atoms with E-state index in [2.05, 4.69) is 0 Å². The summed E-state index contributed by atoms with van der Waals surface area (Å²) >= 11 is 0. The van der Waals surface area contributed by atoms with E-state index in [-0.39, 0.29) is 11.7 Å². The molecule has 1 aliphatic rings. The minimum Gasteiger partial charge on any atom is -0.408 e. The van der Waals surface area contributed by atoms with Crippen LogP contribution in [0.3, 0.4) is 0 Å². The highest BCUT2D eigenvalue weighted by Crippen LogP contribution is 2.18. The van der Waals surface area contributed by atoms with Crippen molar-refractivity contribution in [2.75, 3.05) is 0 Å². The highest BCUT2D eigenvalue weighted by Gasteiger charge is 2.16. The molecule has 2 rings (SSSR count). The Morgan fingerprint density at radius 3 is 2.77 bits per heavy atom. The second kappa shape index (κ2) is 3.64. The molecule has 0 spiro atoms. The summed E-state index contributed by atoms with van der Waals surface area (Å²) in [6, 6.07) is 5.03. The van der Waals surface area contributed by atoms with Crippen LogP contribution in [-0.2, 0) is 0 Å². The molecular formula is C10H13NO2. The summed E-state index contributed by atoms with van der Waals surface area (Å²) in [7, 11) is 0. The Bertz CT molecular complexity index is 326. The molecule has 0 saturated heterocycles. The first-order chi connectivity index (χ1) is 6.36. The SMILES string of the molecule is O=c1ccccn1OC1CCCC1. The third-order valence-electron chi connectivity index (χ3n) is 2.35. The van der Waals surface area contributed by atoms with E-state index in [1.807, 2.05) is 0 Å². The zero-order chi connectivity index (χ0) is 9.10. The van der Waals surface area contributed by atoms with Gasteiger partial charge in [0, 0.05) is 12.3 Å². The predicted octanol–water partition coefficient (Wildman–Crippen LogP) is 1.22. The molecule has 0 aromatic carbocycles. The molecule has 3 nitrogen and oxygen atoms in total. The third-order valence-corrected chi connectivity index (χ3v) is 2.35. The van der Waals surface area contributed by atoms with Gasteiger partial charge in [-0.25, -0.2) is 0 Å². The standard InChI is InChI=1S/C10H13NO2/c12-10-7-3-4-8-11(10)13-9-5-1-2-6-9/h3-4,7-9H,1-2,5-6H2. The molecular weight excluding hydrogens is 166 g/mol. The van der Waals surface area contributed by atoms with Crippen molar-refractivity contribution < 1.29 is 4.84 Å². The molecule has 0 atom stereocenters. The summed E-state index contributed by atoms with van der Waals surface area (Å²) in [5, 5.41) is 0. The summed E-state index contributed by atoms with van der Waals surface area (Å²) in [4.78, 5) is 16.8. The lowest BCUT2D eigenvalue weighted by Gasteiger charge is -2.13. The van der Waals surface area contributed by atoms with Crippen LogP contribution in [0.15, 0.2) is 29.2 Å². The fourth-order valence-electron chi connectivity index (χ4n) is 1.65. The average Bonchev–Trinajstić information content (AvgIpc) is 2.61. The molecule has 70 valence electrons. The number of nitrogens with zero attached hydrogens (tertiary/aromatic N) is 1. The molecule has 1 aromatic rings. The fourth-order valence-corrected chi connectivity index (χ4v) is 1.65. The van der Waals surface area contributed by atoms with Crippen molar-refractivity contribution in [1.29, 1.82) is 0 Å². The van der Waals surface area contributed by atoms with Crippen molar-refractivity contribution in [1.82, 2.24) is 4.73 Å². The molecule has 1 aliphatic carbocycles. The number of pyridine rings is 1. The lowest BCUT2D eigenvalue weighted by molar-refractivity contribution is 0.0349. The molecule has 0 N–H and O–H groups in total. The molecule has 0 amide bonds. The van der Waals surface area contributed by atoms with Crippen LogP contribution < -0.4 is 10.4 Å². The Hall–Kier alpha value is -1.25. The minimum atomic E-state index is -0.0885. The first kappa shape index (κ1) is 8.35. The van der Waals surface area contributed by atoms with Crippen LogP contribution in [0.25, 0.3) is 0 Å². The predicted molar refractivity (Wildman–Crippen MR) is 49.5 cm³/mol. The lowest BCUT2D eigenvalue weighted by atomic mass is 10.3. The fraction of sp³-hybridized carbons (Fsp3) is 0.500. The molecule has 1 heterocycles. The van der Waals surface area contributed by atoms with Gasteiger partial charge in [-0.15, -0.1) is 0 Å². The Morgan fingerprint density at radius 2 is 2.08 bits per heavy atom.